The number of nitrogens with one attached hydrogen (secondary N) is 1. The monoisotopic (exact) mass is 321 g/mol. The van der Waals surface area contributed by atoms with E-state index in [2.05, 4.69) is 5.32 Å². The molecule has 116 valence electrons. The predicted molar refractivity (Wildman–Crippen MR) is 82.8 cm³/mol. The zero-order valence-corrected chi connectivity index (χ0v) is 12.9. The van der Waals surface area contributed by atoms with E-state index in [1.54, 1.807) is 19.1 Å². The number of hydrogen-bond donors (Lipinski definition) is 2. The lowest BCUT2D eigenvalue weighted by atomic mass is 10.1. The Morgan fingerprint density at radius 3 is 2.77 bits per heavy atom. The van der Waals surface area contributed by atoms with Crippen molar-refractivity contribution in [1.29, 1.82) is 0 Å². The third-order valence-corrected chi connectivity index (χ3v) is 5.48. The van der Waals surface area contributed by atoms with Gasteiger partial charge < -0.3 is 10.4 Å². The molecule has 2 aromatic rings. The van der Waals surface area contributed by atoms with Gasteiger partial charge in [0, 0.05) is 16.1 Å². The molecule has 1 aromatic heterocycles. The molecule has 2 atom stereocenters. The van der Waals surface area contributed by atoms with Gasteiger partial charge in [0.25, 0.3) is 5.91 Å². The normalized spacial score (nSPS) is 21.2. The van der Waals surface area contributed by atoms with Crippen LogP contribution in [0.2, 0.25) is 0 Å². The number of halogens is 1. The van der Waals surface area contributed by atoms with E-state index < -0.39 is 5.97 Å². The largest absolute Gasteiger partial charge is 0.481 e. The Morgan fingerprint density at radius 2 is 2.14 bits per heavy atom. The molecule has 0 spiro atoms. The van der Waals surface area contributed by atoms with Gasteiger partial charge in [0.2, 0.25) is 0 Å². The average Bonchev–Trinajstić information content (AvgIpc) is 3.05. The molecular weight excluding hydrogens is 305 g/mol. The van der Waals surface area contributed by atoms with Gasteiger partial charge in [-0.15, -0.1) is 11.3 Å². The lowest BCUT2D eigenvalue weighted by Crippen LogP contribution is -2.33. The van der Waals surface area contributed by atoms with Crippen LogP contribution in [0.25, 0.3) is 10.1 Å². The van der Waals surface area contributed by atoms with Crippen molar-refractivity contribution in [2.75, 3.05) is 0 Å². The summed E-state index contributed by atoms with van der Waals surface area (Å²) in [4.78, 5) is 23.9. The molecule has 0 aliphatic heterocycles. The van der Waals surface area contributed by atoms with Crippen LogP contribution in [0.15, 0.2) is 18.2 Å². The summed E-state index contributed by atoms with van der Waals surface area (Å²) in [6, 6.07) is 4.69. The van der Waals surface area contributed by atoms with Crippen LogP contribution < -0.4 is 5.32 Å². The van der Waals surface area contributed by atoms with Crippen LogP contribution in [0.3, 0.4) is 0 Å². The number of amides is 1. The van der Waals surface area contributed by atoms with Gasteiger partial charge in [-0.3, -0.25) is 9.59 Å². The number of fused-ring (bicyclic) bond motifs is 1. The highest BCUT2D eigenvalue weighted by Gasteiger charge is 2.31. The summed E-state index contributed by atoms with van der Waals surface area (Å²) in [5.74, 6) is -1.76. The van der Waals surface area contributed by atoms with Crippen LogP contribution in [0.1, 0.15) is 34.5 Å². The SMILES string of the molecule is Cc1c(C(=O)N[C@@H]2CC[C@H](C(=O)O)C2)sc2cccc(F)c12. The maximum absolute atomic E-state index is 13.9. The molecule has 2 N–H and O–H groups in total. The first-order valence-corrected chi connectivity index (χ1v) is 8.00. The van der Waals surface area contributed by atoms with Gasteiger partial charge in [-0.2, -0.15) is 0 Å². The van der Waals surface area contributed by atoms with Gasteiger partial charge >= 0.3 is 5.97 Å². The lowest BCUT2D eigenvalue weighted by molar-refractivity contribution is -0.141. The molecule has 3 rings (SSSR count). The van der Waals surface area contributed by atoms with Crippen molar-refractivity contribution >= 4 is 33.3 Å². The van der Waals surface area contributed by atoms with E-state index in [0.29, 0.717) is 35.1 Å². The smallest absolute Gasteiger partial charge is 0.306 e. The number of carboxylic acid groups (broad SMARTS) is 1. The van der Waals surface area contributed by atoms with Crippen LogP contribution in [-0.2, 0) is 4.79 Å². The van der Waals surface area contributed by atoms with Crippen LogP contribution in [-0.4, -0.2) is 23.0 Å². The third kappa shape index (κ3) is 2.59. The summed E-state index contributed by atoms with van der Waals surface area (Å²) in [5.41, 5.74) is 0.642. The molecule has 1 amide bonds. The second-order valence-electron chi connectivity index (χ2n) is 5.69. The van der Waals surface area contributed by atoms with Crippen molar-refractivity contribution in [1.82, 2.24) is 5.32 Å². The van der Waals surface area contributed by atoms with E-state index in [1.807, 2.05) is 0 Å². The minimum atomic E-state index is -0.808. The zero-order chi connectivity index (χ0) is 15.9. The number of rotatable bonds is 3. The fourth-order valence-electron chi connectivity index (χ4n) is 3.06. The molecule has 0 unspecified atom stereocenters. The maximum atomic E-state index is 13.9. The van der Waals surface area contributed by atoms with Gasteiger partial charge in [0.1, 0.15) is 5.82 Å². The number of benzene rings is 1. The minimum Gasteiger partial charge on any atom is -0.481 e. The molecule has 0 radical (unpaired) electrons. The highest BCUT2D eigenvalue weighted by Crippen LogP contribution is 2.33. The fraction of sp³-hybridized carbons (Fsp3) is 0.375. The summed E-state index contributed by atoms with van der Waals surface area (Å²) < 4.78 is 14.6. The molecule has 1 heterocycles. The third-order valence-electron chi connectivity index (χ3n) is 4.23. The second kappa shape index (κ2) is 5.68. The number of aryl methyl sites for hydroxylation is 1. The van der Waals surface area contributed by atoms with E-state index in [4.69, 9.17) is 5.11 Å². The maximum Gasteiger partial charge on any atom is 0.306 e. The van der Waals surface area contributed by atoms with Gasteiger partial charge in [-0.25, -0.2) is 4.39 Å². The van der Waals surface area contributed by atoms with Crippen LogP contribution >= 0.6 is 11.3 Å². The fourth-order valence-corrected chi connectivity index (χ4v) is 4.18. The van der Waals surface area contributed by atoms with Crippen molar-refractivity contribution in [2.45, 2.75) is 32.2 Å². The Morgan fingerprint density at radius 1 is 1.36 bits per heavy atom. The highest BCUT2D eigenvalue weighted by molar-refractivity contribution is 7.21. The van der Waals surface area contributed by atoms with E-state index in [-0.39, 0.29) is 23.7 Å². The Hall–Kier alpha value is -1.95. The van der Waals surface area contributed by atoms with Crippen LogP contribution in [0.5, 0.6) is 0 Å². The molecule has 1 aliphatic carbocycles. The molecule has 6 heteroatoms. The first kappa shape index (κ1) is 15.0. The number of thiophene rings is 1. The molecule has 1 aliphatic rings. The van der Waals surface area contributed by atoms with E-state index in [0.717, 1.165) is 4.70 Å². The number of hydrogen-bond acceptors (Lipinski definition) is 3. The van der Waals surface area contributed by atoms with E-state index in [9.17, 15) is 14.0 Å². The van der Waals surface area contributed by atoms with Crippen molar-refractivity contribution < 1.29 is 19.1 Å². The zero-order valence-electron chi connectivity index (χ0n) is 12.1. The molecule has 22 heavy (non-hydrogen) atoms. The Kier molecular flexibility index (Phi) is 3.87. The van der Waals surface area contributed by atoms with Gasteiger partial charge in [0.05, 0.1) is 10.8 Å². The van der Waals surface area contributed by atoms with Crippen molar-refractivity contribution in [3.05, 3.63) is 34.5 Å². The first-order chi connectivity index (χ1) is 10.5. The number of carbonyl (C=O) groups is 2. The van der Waals surface area contributed by atoms with Gasteiger partial charge in [-0.05, 0) is 43.9 Å². The summed E-state index contributed by atoms with van der Waals surface area (Å²) >= 11 is 1.27. The van der Waals surface area contributed by atoms with Gasteiger partial charge in [0.15, 0.2) is 0 Å². The van der Waals surface area contributed by atoms with E-state index >= 15 is 0 Å². The Labute approximate surface area is 130 Å². The Bertz CT molecular complexity index is 755. The predicted octanol–water partition coefficient (Wildman–Crippen LogP) is 3.33. The molecule has 0 bridgehead atoms. The summed E-state index contributed by atoms with van der Waals surface area (Å²) in [6.07, 6.45) is 1.71. The molecule has 0 saturated heterocycles. The highest BCUT2D eigenvalue weighted by atomic mass is 32.1. The molecule has 4 nitrogen and oxygen atoms in total. The number of carbonyl (C=O) groups excluding carboxylic acids is 1. The summed E-state index contributed by atoms with van der Waals surface area (Å²) in [6.45, 7) is 1.74. The molecule has 1 aromatic carbocycles. The first-order valence-electron chi connectivity index (χ1n) is 7.18. The summed E-state index contributed by atoms with van der Waals surface area (Å²) in [7, 11) is 0. The number of carboxylic acids is 1. The quantitative estimate of drug-likeness (QED) is 0.911. The standard InChI is InChI=1S/C16H16FNO3S/c1-8-13-11(17)3-2-4-12(13)22-14(8)15(19)18-10-6-5-9(7-10)16(20)21/h2-4,9-10H,5-7H2,1H3,(H,18,19)(H,20,21)/t9-,10+/m0/s1. The topological polar surface area (TPSA) is 66.4 Å². The average molecular weight is 321 g/mol. The van der Waals surface area contributed by atoms with E-state index in [1.165, 1.54) is 17.4 Å². The summed E-state index contributed by atoms with van der Waals surface area (Å²) in [5, 5.41) is 12.4. The minimum absolute atomic E-state index is 0.122. The molecular formula is C16H16FNO3S. The van der Waals surface area contributed by atoms with Gasteiger partial charge in [-0.1, -0.05) is 6.07 Å². The van der Waals surface area contributed by atoms with Crippen molar-refractivity contribution in [2.24, 2.45) is 5.92 Å². The van der Waals surface area contributed by atoms with Crippen molar-refractivity contribution in [3.8, 4) is 0 Å². The Balaban J connectivity index is 1.80. The molecule has 1 saturated carbocycles. The van der Waals surface area contributed by atoms with Crippen LogP contribution in [0.4, 0.5) is 4.39 Å². The number of aliphatic carboxylic acids is 1. The van der Waals surface area contributed by atoms with Crippen molar-refractivity contribution in [3.63, 3.8) is 0 Å². The van der Waals surface area contributed by atoms with Crippen LogP contribution in [0, 0.1) is 18.7 Å². The molecule has 1 fully saturated rings. The second-order valence-corrected chi connectivity index (χ2v) is 6.74. The lowest BCUT2D eigenvalue weighted by Gasteiger charge is -2.12.